The molecule has 0 aliphatic rings. The van der Waals surface area contributed by atoms with Gasteiger partial charge in [-0.2, -0.15) is 0 Å². The predicted octanol–water partition coefficient (Wildman–Crippen LogP) is 2.98. The van der Waals surface area contributed by atoms with Crippen LogP contribution >= 0.6 is 0 Å². The number of hydrogen-bond acceptors (Lipinski definition) is 6. The van der Waals surface area contributed by atoms with E-state index in [-0.39, 0.29) is 22.4 Å². The topological polar surface area (TPSA) is 144 Å². The first kappa shape index (κ1) is 24.2. The highest BCUT2D eigenvalue weighted by Gasteiger charge is 2.13. The van der Waals surface area contributed by atoms with E-state index in [9.17, 15) is 22.8 Å². The Hall–Kier alpha value is -4.05. The highest BCUT2D eigenvalue weighted by atomic mass is 32.2. The molecule has 166 valence electrons. The summed E-state index contributed by atoms with van der Waals surface area (Å²) >= 11 is 0. The maximum absolute atomic E-state index is 11.9. The molecule has 3 aromatic rings. The second kappa shape index (κ2) is 10.8. The van der Waals surface area contributed by atoms with Gasteiger partial charge in [-0.15, -0.1) is 0 Å². The number of aromatic nitrogens is 2. The molecule has 2 N–H and O–H groups in total. The van der Waals surface area contributed by atoms with E-state index in [1.165, 1.54) is 43.6 Å². The largest absolute Gasteiger partial charge is 0.478 e. The molecular weight excluding hydrogens is 436 g/mol. The lowest BCUT2D eigenvalue weighted by atomic mass is 10.0. The number of aromatic carboxylic acids is 2. The Kier molecular flexibility index (Phi) is 8.19. The number of nitrogens with zero attached hydrogens (tertiary/aromatic N) is 2. The zero-order valence-corrected chi connectivity index (χ0v) is 17.8. The standard InChI is InChI=1S/C13H12N2O3S.C9H8O4/c16-11-13-5-7-15(10-13)19(17,18)8-2-4-12-3-1-6-14-9-12;1-5-6(8(10)11)3-2-4-7(5)9(12)13/h1-7,9-11H,8H2;2-4H,1H3,(H,10,11)(H,12,13). The van der Waals surface area contributed by atoms with Crippen LogP contribution in [0.5, 0.6) is 0 Å². The highest BCUT2D eigenvalue weighted by Crippen LogP contribution is 2.13. The van der Waals surface area contributed by atoms with Crippen molar-refractivity contribution < 1.29 is 33.0 Å². The average molecular weight is 456 g/mol. The summed E-state index contributed by atoms with van der Waals surface area (Å²) in [5.74, 6) is -2.37. The van der Waals surface area contributed by atoms with Crippen LogP contribution in [0.3, 0.4) is 0 Å². The molecule has 0 saturated heterocycles. The maximum atomic E-state index is 11.9. The SMILES string of the molecule is Cc1c(C(=O)O)cccc1C(=O)O.O=Cc1ccn(S(=O)(=O)CC=Cc2cccnc2)c1. The van der Waals surface area contributed by atoms with Gasteiger partial charge in [-0.05, 0) is 42.3 Å². The summed E-state index contributed by atoms with van der Waals surface area (Å²) in [4.78, 5) is 35.7. The van der Waals surface area contributed by atoms with Crippen LogP contribution in [-0.4, -0.2) is 51.6 Å². The summed E-state index contributed by atoms with van der Waals surface area (Å²) < 4.78 is 24.9. The van der Waals surface area contributed by atoms with Crippen LogP contribution in [0.4, 0.5) is 0 Å². The summed E-state index contributed by atoms with van der Waals surface area (Å²) in [6, 6.07) is 9.23. The fourth-order valence-electron chi connectivity index (χ4n) is 2.60. The van der Waals surface area contributed by atoms with Crippen LogP contribution in [0.15, 0.2) is 67.3 Å². The lowest BCUT2D eigenvalue weighted by Crippen LogP contribution is -2.13. The Morgan fingerprint density at radius 1 is 1.03 bits per heavy atom. The molecule has 2 aromatic heterocycles. The van der Waals surface area contributed by atoms with Crippen LogP contribution in [0.2, 0.25) is 0 Å². The van der Waals surface area contributed by atoms with Crippen molar-refractivity contribution in [3.63, 3.8) is 0 Å². The Labute approximate surface area is 184 Å². The van der Waals surface area contributed by atoms with Crippen molar-refractivity contribution in [1.82, 2.24) is 8.96 Å². The van der Waals surface area contributed by atoms with Gasteiger partial charge in [0.15, 0.2) is 6.29 Å². The van der Waals surface area contributed by atoms with Gasteiger partial charge in [-0.3, -0.25) is 13.8 Å². The number of carboxylic acid groups (broad SMARTS) is 2. The molecule has 3 rings (SSSR count). The molecule has 9 nitrogen and oxygen atoms in total. The van der Waals surface area contributed by atoms with Crippen molar-refractivity contribution in [2.24, 2.45) is 0 Å². The van der Waals surface area contributed by atoms with E-state index in [0.29, 0.717) is 11.8 Å². The molecule has 0 aliphatic heterocycles. The van der Waals surface area contributed by atoms with Gasteiger partial charge in [0.05, 0.1) is 16.9 Å². The number of benzene rings is 1. The Bertz CT molecular complexity index is 1210. The second-order valence-electron chi connectivity index (χ2n) is 6.45. The first-order valence-corrected chi connectivity index (χ1v) is 10.8. The molecule has 0 radical (unpaired) electrons. The lowest BCUT2D eigenvalue weighted by molar-refractivity contribution is 0.0696. The van der Waals surface area contributed by atoms with Gasteiger partial charge in [-0.25, -0.2) is 18.0 Å². The molecule has 0 saturated carbocycles. The molecule has 2 heterocycles. The number of carboxylic acids is 2. The van der Waals surface area contributed by atoms with Gasteiger partial charge in [-0.1, -0.05) is 24.3 Å². The van der Waals surface area contributed by atoms with Crippen molar-refractivity contribution in [3.8, 4) is 0 Å². The zero-order valence-electron chi connectivity index (χ0n) is 17.0. The van der Waals surface area contributed by atoms with E-state index in [1.54, 1.807) is 30.6 Å². The van der Waals surface area contributed by atoms with Crippen molar-refractivity contribution in [3.05, 3.63) is 95.1 Å². The minimum Gasteiger partial charge on any atom is -0.478 e. The molecule has 10 heteroatoms. The van der Waals surface area contributed by atoms with E-state index in [1.807, 2.05) is 6.07 Å². The van der Waals surface area contributed by atoms with Crippen molar-refractivity contribution in [1.29, 1.82) is 0 Å². The third kappa shape index (κ3) is 6.47. The number of aldehydes is 1. The van der Waals surface area contributed by atoms with E-state index < -0.39 is 22.0 Å². The third-order valence-corrected chi connectivity index (χ3v) is 5.73. The van der Waals surface area contributed by atoms with Crippen LogP contribution < -0.4 is 0 Å². The van der Waals surface area contributed by atoms with Gasteiger partial charge in [0.2, 0.25) is 10.0 Å². The maximum Gasteiger partial charge on any atom is 0.335 e. The number of rotatable bonds is 7. The normalized spacial score (nSPS) is 10.9. The number of pyridine rings is 1. The van der Waals surface area contributed by atoms with Crippen LogP contribution in [0, 0.1) is 6.92 Å². The smallest absolute Gasteiger partial charge is 0.335 e. The minimum absolute atomic E-state index is 0.0277. The monoisotopic (exact) mass is 456 g/mol. The van der Waals surface area contributed by atoms with Crippen molar-refractivity contribution >= 4 is 34.3 Å². The Balaban J connectivity index is 0.000000244. The highest BCUT2D eigenvalue weighted by molar-refractivity contribution is 7.90. The van der Waals surface area contributed by atoms with Gasteiger partial charge in [0.1, 0.15) is 0 Å². The molecule has 0 unspecified atom stereocenters. The third-order valence-electron chi connectivity index (χ3n) is 4.24. The molecule has 0 fully saturated rings. The molecular formula is C22H20N2O7S. The van der Waals surface area contributed by atoms with Crippen molar-refractivity contribution in [2.45, 2.75) is 6.92 Å². The predicted molar refractivity (Wildman–Crippen MR) is 117 cm³/mol. The molecule has 0 bridgehead atoms. The molecule has 0 atom stereocenters. The van der Waals surface area contributed by atoms with E-state index in [0.717, 1.165) is 9.54 Å². The molecule has 0 spiro atoms. The molecule has 1 aromatic carbocycles. The van der Waals surface area contributed by atoms with Gasteiger partial charge in [0, 0.05) is 30.4 Å². The number of carbonyl (C=O) groups excluding carboxylic acids is 1. The Morgan fingerprint density at radius 2 is 1.69 bits per heavy atom. The van der Waals surface area contributed by atoms with Gasteiger partial charge < -0.3 is 10.2 Å². The van der Waals surface area contributed by atoms with Crippen LogP contribution in [-0.2, 0) is 10.0 Å². The quantitative estimate of drug-likeness (QED) is 0.517. The number of carbonyl (C=O) groups is 3. The summed E-state index contributed by atoms with van der Waals surface area (Å²) in [5, 5.41) is 17.4. The minimum atomic E-state index is -3.47. The molecule has 0 amide bonds. The van der Waals surface area contributed by atoms with Gasteiger partial charge in [0.25, 0.3) is 0 Å². The average Bonchev–Trinajstić information content (AvgIpc) is 3.25. The fraction of sp³-hybridized carbons (Fsp3) is 0.0909. The van der Waals surface area contributed by atoms with Crippen molar-refractivity contribution in [2.75, 3.05) is 5.75 Å². The van der Waals surface area contributed by atoms with E-state index >= 15 is 0 Å². The summed E-state index contributed by atoms with van der Waals surface area (Å²) in [7, 11) is -3.47. The summed E-state index contributed by atoms with van der Waals surface area (Å²) in [5.41, 5.74) is 1.50. The molecule has 0 aliphatic carbocycles. The summed E-state index contributed by atoms with van der Waals surface area (Å²) in [6.07, 6.45) is 9.79. The van der Waals surface area contributed by atoms with Crippen LogP contribution in [0.25, 0.3) is 6.08 Å². The first-order valence-electron chi connectivity index (χ1n) is 9.15. The second-order valence-corrected chi connectivity index (χ2v) is 8.37. The van der Waals surface area contributed by atoms with Crippen LogP contribution in [0.1, 0.15) is 42.2 Å². The lowest BCUT2D eigenvalue weighted by Gasteiger charge is -2.03. The van der Waals surface area contributed by atoms with E-state index in [2.05, 4.69) is 4.98 Å². The molecule has 32 heavy (non-hydrogen) atoms. The van der Waals surface area contributed by atoms with Gasteiger partial charge >= 0.3 is 11.9 Å². The zero-order chi connectivity index (χ0) is 23.7. The number of hydrogen-bond donors (Lipinski definition) is 2. The Morgan fingerprint density at radius 3 is 2.19 bits per heavy atom. The summed E-state index contributed by atoms with van der Waals surface area (Å²) in [6.45, 7) is 1.48. The first-order chi connectivity index (χ1) is 15.2. The van der Waals surface area contributed by atoms with E-state index in [4.69, 9.17) is 10.2 Å². The fourth-order valence-corrected chi connectivity index (χ4v) is 3.64.